The fraction of sp³-hybridized carbons (Fsp3) is 0.235. The fourth-order valence-corrected chi connectivity index (χ4v) is 2.15. The van der Waals surface area contributed by atoms with E-state index in [0.717, 1.165) is 16.3 Å². The average molecular weight is 284 g/mol. The van der Waals surface area contributed by atoms with Crippen LogP contribution in [0.25, 0.3) is 10.8 Å². The molecule has 0 radical (unpaired) electrons. The molecule has 1 amide bonds. The van der Waals surface area contributed by atoms with Crippen molar-refractivity contribution in [1.29, 1.82) is 0 Å². The third-order valence-electron chi connectivity index (χ3n) is 3.19. The van der Waals surface area contributed by atoms with Crippen LogP contribution in [0.4, 0.5) is 0 Å². The summed E-state index contributed by atoms with van der Waals surface area (Å²) in [6.07, 6.45) is 1.63. The molecule has 0 aliphatic carbocycles. The monoisotopic (exact) mass is 284 g/mol. The van der Waals surface area contributed by atoms with E-state index in [-0.39, 0.29) is 18.6 Å². The fourth-order valence-electron chi connectivity index (χ4n) is 2.15. The second kappa shape index (κ2) is 6.90. The lowest BCUT2D eigenvalue weighted by molar-refractivity contribution is -0.122. The van der Waals surface area contributed by atoms with Crippen LogP contribution in [0.5, 0.6) is 5.75 Å². The molecule has 4 nitrogen and oxygen atoms in total. The van der Waals surface area contributed by atoms with Crippen LogP contribution in [-0.4, -0.2) is 19.1 Å². The summed E-state index contributed by atoms with van der Waals surface area (Å²) in [5.74, 6) is 0.496. The number of carbonyl (C=O) groups is 1. The first-order valence-electron chi connectivity index (χ1n) is 6.91. The first-order valence-corrected chi connectivity index (χ1v) is 6.91. The highest BCUT2D eigenvalue weighted by atomic mass is 16.5. The number of fused-ring (bicyclic) bond motifs is 1. The van der Waals surface area contributed by atoms with Gasteiger partial charge in [0.2, 0.25) is 0 Å². The van der Waals surface area contributed by atoms with Crippen molar-refractivity contribution in [2.75, 3.05) is 13.2 Å². The summed E-state index contributed by atoms with van der Waals surface area (Å²) in [7, 11) is 0. The number of hydrogen-bond acceptors (Lipinski definition) is 3. The van der Waals surface area contributed by atoms with Gasteiger partial charge in [0.1, 0.15) is 5.75 Å². The Balaban J connectivity index is 2.29. The van der Waals surface area contributed by atoms with Crippen molar-refractivity contribution >= 4 is 16.7 Å². The molecule has 1 atom stereocenters. The Morgan fingerprint density at radius 1 is 1.38 bits per heavy atom. The molecule has 0 bridgehead atoms. The van der Waals surface area contributed by atoms with Crippen molar-refractivity contribution in [2.45, 2.75) is 13.0 Å². The zero-order valence-electron chi connectivity index (χ0n) is 12.1. The van der Waals surface area contributed by atoms with Gasteiger partial charge in [-0.15, -0.1) is 6.58 Å². The number of hydrogen-bond donors (Lipinski definition) is 2. The molecule has 0 spiro atoms. The minimum Gasteiger partial charge on any atom is -0.483 e. The lowest BCUT2D eigenvalue weighted by atomic mass is 10.0. The SMILES string of the molecule is C=CCNC(=O)COc1c([C@H](C)N)ccc2ccccc12. The summed E-state index contributed by atoms with van der Waals surface area (Å²) in [6.45, 7) is 5.84. The van der Waals surface area contributed by atoms with E-state index in [2.05, 4.69) is 11.9 Å². The van der Waals surface area contributed by atoms with Gasteiger partial charge in [-0.25, -0.2) is 0 Å². The van der Waals surface area contributed by atoms with Crippen molar-refractivity contribution in [3.63, 3.8) is 0 Å². The lowest BCUT2D eigenvalue weighted by Crippen LogP contribution is -2.29. The van der Waals surface area contributed by atoms with E-state index < -0.39 is 0 Å². The number of benzene rings is 2. The zero-order chi connectivity index (χ0) is 15.2. The molecular weight excluding hydrogens is 264 g/mol. The Morgan fingerprint density at radius 3 is 2.86 bits per heavy atom. The zero-order valence-corrected chi connectivity index (χ0v) is 12.1. The summed E-state index contributed by atoms with van der Waals surface area (Å²) in [6, 6.07) is 11.7. The molecule has 2 aromatic carbocycles. The Bertz CT molecular complexity index is 650. The van der Waals surface area contributed by atoms with Gasteiger partial charge in [0.05, 0.1) is 0 Å². The lowest BCUT2D eigenvalue weighted by Gasteiger charge is -2.16. The van der Waals surface area contributed by atoms with Crippen LogP contribution in [-0.2, 0) is 4.79 Å². The van der Waals surface area contributed by atoms with Crippen LogP contribution in [0.2, 0.25) is 0 Å². The maximum absolute atomic E-state index is 11.7. The van der Waals surface area contributed by atoms with Gasteiger partial charge in [-0.05, 0) is 12.3 Å². The number of carbonyl (C=O) groups excluding carboxylic acids is 1. The molecule has 0 fully saturated rings. The van der Waals surface area contributed by atoms with E-state index in [1.165, 1.54) is 0 Å². The molecule has 2 rings (SSSR count). The molecule has 21 heavy (non-hydrogen) atoms. The van der Waals surface area contributed by atoms with Crippen molar-refractivity contribution in [3.8, 4) is 5.75 Å². The van der Waals surface area contributed by atoms with Crippen LogP contribution >= 0.6 is 0 Å². The summed E-state index contributed by atoms with van der Waals surface area (Å²) in [5, 5.41) is 4.71. The molecule has 110 valence electrons. The molecule has 0 aliphatic rings. The number of amides is 1. The van der Waals surface area contributed by atoms with Gasteiger partial charge in [0.25, 0.3) is 5.91 Å². The van der Waals surface area contributed by atoms with E-state index >= 15 is 0 Å². The van der Waals surface area contributed by atoms with Crippen molar-refractivity contribution < 1.29 is 9.53 Å². The summed E-state index contributed by atoms with van der Waals surface area (Å²) < 4.78 is 5.74. The Kier molecular flexibility index (Phi) is 4.95. The van der Waals surface area contributed by atoms with Crippen LogP contribution in [0.3, 0.4) is 0 Å². The molecule has 0 saturated heterocycles. The quantitative estimate of drug-likeness (QED) is 0.801. The highest BCUT2D eigenvalue weighted by Crippen LogP contribution is 2.32. The first-order chi connectivity index (χ1) is 10.1. The molecule has 0 unspecified atom stereocenters. The van der Waals surface area contributed by atoms with Crippen LogP contribution in [0, 0.1) is 0 Å². The van der Waals surface area contributed by atoms with Gasteiger partial charge in [0.15, 0.2) is 6.61 Å². The number of ether oxygens (including phenoxy) is 1. The highest BCUT2D eigenvalue weighted by Gasteiger charge is 2.13. The van der Waals surface area contributed by atoms with E-state index in [9.17, 15) is 4.79 Å². The molecule has 0 aromatic heterocycles. The second-order valence-electron chi connectivity index (χ2n) is 4.88. The number of rotatable bonds is 6. The maximum atomic E-state index is 11.7. The smallest absolute Gasteiger partial charge is 0.258 e. The molecule has 4 heteroatoms. The third kappa shape index (κ3) is 3.61. The van der Waals surface area contributed by atoms with Crippen LogP contribution in [0.1, 0.15) is 18.5 Å². The molecule has 0 heterocycles. The summed E-state index contributed by atoms with van der Waals surface area (Å²) >= 11 is 0. The van der Waals surface area contributed by atoms with Gasteiger partial charge >= 0.3 is 0 Å². The minimum atomic E-state index is -0.182. The Morgan fingerprint density at radius 2 is 2.14 bits per heavy atom. The number of nitrogens with two attached hydrogens (primary N) is 1. The van der Waals surface area contributed by atoms with Crippen LogP contribution in [0.15, 0.2) is 49.1 Å². The largest absolute Gasteiger partial charge is 0.483 e. The van der Waals surface area contributed by atoms with Gasteiger partial charge in [-0.1, -0.05) is 42.5 Å². The van der Waals surface area contributed by atoms with E-state index in [1.807, 2.05) is 43.3 Å². The maximum Gasteiger partial charge on any atom is 0.258 e. The number of nitrogens with one attached hydrogen (secondary N) is 1. The van der Waals surface area contributed by atoms with Gasteiger partial charge in [-0.3, -0.25) is 4.79 Å². The average Bonchev–Trinajstić information content (AvgIpc) is 2.50. The summed E-state index contributed by atoms with van der Waals surface area (Å²) in [5.41, 5.74) is 6.89. The first kappa shape index (κ1) is 15.1. The minimum absolute atomic E-state index is 0.0401. The predicted molar refractivity (Wildman–Crippen MR) is 85.3 cm³/mol. The van der Waals surface area contributed by atoms with E-state index in [4.69, 9.17) is 10.5 Å². The van der Waals surface area contributed by atoms with Gasteiger partial charge in [-0.2, -0.15) is 0 Å². The predicted octanol–water partition coefficient (Wildman–Crippen LogP) is 2.54. The van der Waals surface area contributed by atoms with Gasteiger partial charge in [0, 0.05) is 23.5 Å². The molecular formula is C17H20N2O2. The second-order valence-corrected chi connectivity index (χ2v) is 4.88. The van der Waals surface area contributed by atoms with Crippen molar-refractivity contribution in [2.24, 2.45) is 5.73 Å². The van der Waals surface area contributed by atoms with E-state index in [0.29, 0.717) is 12.3 Å². The normalized spacial score (nSPS) is 11.9. The third-order valence-corrected chi connectivity index (χ3v) is 3.19. The molecule has 0 aliphatic heterocycles. The molecule has 3 N–H and O–H groups in total. The van der Waals surface area contributed by atoms with Crippen molar-refractivity contribution in [3.05, 3.63) is 54.6 Å². The highest BCUT2D eigenvalue weighted by molar-refractivity contribution is 5.90. The summed E-state index contributed by atoms with van der Waals surface area (Å²) in [4.78, 5) is 11.7. The Hall–Kier alpha value is -2.33. The van der Waals surface area contributed by atoms with Crippen LogP contribution < -0.4 is 15.8 Å². The standard InChI is InChI=1S/C17H20N2O2/c1-3-10-19-16(20)11-21-17-14(12(2)18)9-8-13-6-4-5-7-15(13)17/h3-9,12H,1,10-11,18H2,2H3,(H,19,20)/t12-/m0/s1. The molecule has 2 aromatic rings. The van der Waals surface area contributed by atoms with E-state index in [1.54, 1.807) is 6.08 Å². The topological polar surface area (TPSA) is 64.3 Å². The molecule has 0 saturated carbocycles. The van der Waals surface area contributed by atoms with Crippen molar-refractivity contribution in [1.82, 2.24) is 5.32 Å². The Labute approximate surface area is 124 Å². The van der Waals surface area contributed by atoms with Gasteiger partial charge < -0.3 is 15.8 Å².